The Morgan fingerprint density at radius 2 is 1.76 bits per heavy atom. The van der Waals surface area contributed by atoms with Gasteiger partial charge in [-0.2, -0.15) is 0 Å². The Morgan fingerprint density at radius 1 is 1.00 bits per heavy atom. The fraction of sp³-hybridized carbons (Fsp3) is 0.514. The first-order chi connectivity index (χ1) is 18.5. The van der Waals surface area contributed by atoms with E-state index in [-0.39, 0.29) is 0 Å². The average Bonchev–Trinajstić information content (AvgIpc) is 2.97. The van der Waals surface area contributed by atoms with Gasteiger partial charge in [0.05, 0.1) is 0 Å². The van der Waals surface area contributed by atoms with Gasteiger partial charge in [-0.1, -0.05) is 63.1 Å². The zero-order valence-electron chi connectivity index (χ0n) is 24.1. The Kier molecular flexibility index (Phi) is 10.3. The molecule has 2 fully saturated rings. The highest BCUT2D eigenvalue weighted by molar-refractivity contribution is 6.09. The van der Waals surface area contributed by atoms with Gasteiger partial charge in [-0.3, -0.25) is 4.99 Å². The summed E-state index contributed by atoms with van der Waals surface area (Å²) in [7, 11) is 0. The molecule has 0 atom stereocenters. The summed E-state index contributed by atoms with van der Waals surface area (Å²) in [5, 5.41) is 0. The van der Waals surface area contributed by atoms with Crippen molar-refractivity contribution < 1.29 is 0 Å². The Balaban J connectivity index is 1.51. The molecule has 2 aromatic carbocycles. The highest BCUT2D eigenvalue weighted by atomic mass is 15.1. The van der Waals surface area contributed by atoms with Crippen LogP contribution in [-0.2, 0) is 6.42 Å². The number of aryl methyl sites for hydroxylation is 2. The molecule has 38 heavy (non-hydrogen) atoms. The SMILES string of the molecule is C=C(C1CCCCC1)N(CC1CCC(c2ccc(CC)c(C)c2)CC1)c1cccc(/C(C=NCC)=C/N)c1. The van der Waals surface area contributed by atoms with Crippen molar-refractivity contribution in [3.05, 3.63) is 83.2 Å². The number of nitrogens with two attached hydrogens (primary N) is 1. The smallest absolute Gasteiger partial charge is 0.0414 e. The summed E-state index contributed by atoms with van der Waals surface area (Å²) >= 11 is 0. The summed E-state index contributed by atoms with van der Waals surface area (Å²) in [5.41, 5.74) is 15.1. The molecule has 0 amide bonds. The first kappa shape index (κ1) is 28.2. The second-order valence-electron chi connectivity index (χ2n) is 11.5. The van der Waals surface area contributed by atoms with E-state index in [9.17, 15) is 0 Å². The molecule has 0 aliphatic heterocycles. The van der Waals surface area contributed by atoms with E-state index in [2.05, 4.69) is 66.2 Å². The fourth-order valence-corrected chi connectivity index (χ4v) is 6.61. The van der Waals surface area contributed by atoms with Crippen LogP contribution in [0.5, 0.6) is 0 Å². The lowest BCUT2D eigenvalue weighted by atomic mass is 9.77. The monoisotopic (exact) mass is 511 g/mol. The second kappa shape index (κ2) is 13.8. The molecule has 0 heterocycles. The zero-order valence-corrected chi connectivity index (χ0v) is 24.1. The van der Waals surface area contributed by atoms with E-state index in [1.807, 2.05) is 13.1 Å². The third-order valence-electron chi connectivity index (χ3n) is 9.01. The number of anilines is 1. The quantitative estimate of drug-likeness (QED) is 0.324. The number of rotatable bonds is 10. The minimum absolute atomic E-state index is 0.593. The predicted molar refractivity (Wildman–Crippen MR) is 166 cm³/mol. The molecule has 0 bridgehead atoms. The van der Waals surface area contributed by atoms with Gasteiger partial charge in [0.1, 0.15) is 0 Å². The summed E-state index contributed by atoms with van der Waals surface area (Å²) in [6, 6.07) is 16.1. The van der Waals surface area contributed by atoms with E-state index in [1.165, 1.54) is 80.3 Å². The Labute approximate surface area is 231 Å². The topological polar surface area (TPSA) is 41.6 Å². The van der Waals surface area contributed by atoms with Crippen molar-refractivity contribution in [2.24, 2.45) is 22.6 Å². The molecule has 3 nitrogen and oxygen atoms in total. The highest BCUT2D eigenvalue weighted by Gasteiger charge is 2.28. The average molecular weight is 512 g/mol. The number of benzene rings is 2. The fourth-order valence-electron chi connectivity index (χ4n) is 6.61. The largest absolute Gasteiger partial charge is 0.404 e. The number of nitrogens with zero attached hydrogens (tertiary/aromatic N) is 2. The van der Waals surface area contributed by atoms with Gasteiger partial charge in [-0.15, -0.1) is 0 Å². The Hall–Kier alpha value is -2.81. The van der Waals surface area contributed by atoms with Crippen LogP contribution in [0.1, 0.15) is 99.8 Å². The molecule has 2 saturated carbocycles. The maximum absolute atomic E-state index is 6.00. The normalized spacial score (nSPS) is 21.1. The molecule has 204 valence electrons. The van der Waals surface area contributed by atoms with Crippen molar-refractivity contribution in [2.75, 3.05) is 18.0 Å². The summed E-state index contributed by atoms with van der Waals surface area (Å²) in [4.78, 5) is 7.00. The van der Waals surface area contributed by atoms with Crippen molar-refractivity contribution in [3.63, 3.8) is 0 Å². The molecule has 0 aromatic heterocycles. The van der Waals surface area contributed by atoms with Crippen LogP contribution >= 0.6 is 0 Å². The maximum atomic E-state index is 6.00. The molecule has 2 aliphatic rings. The summed E-state index contributed by atoms with van der Waals surface area (Å²) < 4.78 is 0. The van der Waals surface area contributed by atoms with Crippen molar-refractivity contribution in [1.29, 1.82) is 0 Å². The van der Waals surface area contributed by atoms with E-state index >= 15 is 0 Å². The van der Waals surface area contributed by atoms with Gasteiger partial charge in [0.15, 0.2) is 0 Å². The molecule has 0 saturated heterocycles. The van der Waals surface area contributed by atoms with Gasteiger partial charge < -0.3 is 10.6 Å². The number of hydrogen-bond acceptors (Lipinski definition) is 3. The number of hydrogen-bond donors (Lipinski definition) is 1. The Morgan fingerprint density at radius 3 is 2.42 bits per heavy atom. The first-order valence-corrected chi connectivity index (χ1v) is 15.1. The molecule has 2 aromatic rings. The van der Waals surface area contributed by atoms with E-state index in [0.717, 1.165) is 30.6 Å². The molecular weight excluding hydrogens is 462 g/mol. The van der Waals surface area contributed by atoms with E-state index in [1.54, 1.807) is 11.8 Å². The van der Waals surface area contributed by atoms with Crippen LogP contribution < -0.4 is 10.6 Å². The van der Waals surface area contributed by atoms with Crippen LogP contribution in [0.2, 0.25) is 0 Å². The molecule has 2 aliphatic carbocycles. The maximum Gasteiger partial charge on any atom is 0.0414 e. The molecule has 0 radical (unpaired) electrons. The van der Waals surface area contributed by atoms with Gasteiger partial charge in [0, 0.05) is 42.5 Å². The minimum atomic E-state index is 0.593. The number of allylic oxidation sites excluding steroid dienone is 2. The van der Waals surface area contributed by atoms with Crippen LogP contribution in [0.25, 0.3) is 5.57 Å². The van der Waals surface area contributed by atoms with Gasteiger partial charge >= 0.3 is 0 Å². The van der Waals surface area contributed by atoms with Gasteiger partial charge in [-0.05, 0) is 111 Å². The van der Waals surface area contributed by atoms with Crippen molar-refractivity contribution >= 4 is 17.5 Å². The molecule has 2 N–H and O–H groups in total. The number of aliphatic imine (C=N–C) groups is 1. The lowest BCUT2D eigenvalue weighted by Crippen LogP contribution is -2.34. The third kappa shape index (κ3) is 6.98. The molecule has 4 rings (SSSR count). The Bertz CT molecular complexity index is 1110. The lowest BCUT2D eigenvalue weighted by molar-refractivity contribution is 0.323. The lowest BCUT2D eigenvalue weighted by Gasteiger charge is -2.38. The van der Waals surface area contributed by atoms with Crippen molar-refractivity contribution in [2.45, 2.75) is 90.9 Å². The molecule has 3 heteroatoms. The van der Waals surface area contributed by atoms with Crippen LogP contribution in [0.4, 0.5) is 5.69 Å². The standard InChI is InChI=1S/C35H49N3/c1-5-29-19-20-33(21-26(29)3)31-17-15-28(16-18-31)25-38(27(4)30-11-8-7-9-12-30)35-14-10-13-32(22-35)34(23-36)24-37-6-2/h10,13-14,19-24,28,30-31H,4-9,11-12,15-18,25,36H2,1-3H3/b34-23+,37-24?. The van der Waals surface area contributed by atoms with Crippen LogP contribution in [0, 0.1) is 18.8 Å². The van der Waals surface area contributed by atoms with Crippen molar-refractivity contribution in [3.8, 4) is 0 Å². The first-order valence-electron chi connectivity index (χ1n) is 15.1. The third-order valence-corrected chi connectivity index (χ3v) is 9.01. The van der Waals surface area contributed by atoms with E-state index in [0.29, 0.717) is 17.8 Å². The van der Waals surface area contributed by atoms with E-state index < -0.39 is 0 Å². The summed E-state index contributed by atoms with van der Waals surface area (Å²) in [6.07, 6.45) is 16.4. The molecule has 0 spiro atoms. The van der Waals surface area contributed by atoms with Crippen LogP contribution in [0.15, 0.2) is 65.9 Å². The van der Waals surface area contributed by atoms with E-state index in [4.69, 9.17) is 12.3 Å². The molecule has 0 unspecified atom stereocenters. The highest BCUT2D eigenvalue weighted by Crippen LogP contribution is 2.39. The summed E-state index contributed by atoms with van der Waals surface area (Å²) in [6.45, 7) is 13.1. The molecular formula is C35H49N3. The van der Waals surface area contributed by atoms with Crippen molar-refractivity contribution in [1.82, 2.24) is 0 Å². The second-order valence-corrected chi connectivity index (χ2v) is 11.5. The van der Waals surface area contributed by atoms with Gasteiger partial charge in [0.25, 0.3) is 0 Å². The summed E-state index contributed by atoms with van der Waals surface area (Å²) in [5.74, 6) is 1.98. The minimum Gasteiger partial charge on any atom is -0.404 e. The van der Waals surface area contributed by atoms with Gasteiger partial charge in [-0.25, -0.2) is 0 Å². The zero-order chi connectivity index (χ0) is 26.9. The van der Waals surface area contributed by atoms with Gasteiger partial charge in [0.2, 0.25) is 0 Å². The van der Waals surface area contributed by atoms with Crippen LogP contribution in [-0.4, -0.2) is 19.3 Å². The van der Waals surface area contributed by atoms with Crippen LogP contribution in [0.3, 0.4) is 0 Å². The predicted octanol–water partition coefficient (Wildman–Crippen LogP) is 8.82.